The maximum Gasteiger partial charge on any atom is 0.126 e. The fraction of sp³-hybridized carbons (Fsp3) is 0.333. The molecule has 4 heteroatoms. The number of ether oxygens (including phenoxy) is 1. The molecule has 19 heavy (non-hydrogen) atoms. The Morgan fingerprint density at radius 1 is 1.26 bits per heavy atom. The van der Waals surface area contributed by atoms with Gasteiger partial charge in [0.1, 0.15) is 11.6 Å². The van der Waals surface area contributed by atoms with Crippen LogP contribution in [-0.4, -0.2) is 16.6 Å². The number of aryl methyl sites for hydroxylation is 2. The fourth-order valence-corrected chi connectivity index (χ4v) is 2.40. The molecule has 2 N–H and O–H groups in total. The van der Waals surface area contributed by atoms with E-state index in [9.17, 15) is 0 Å². The third kappa shape index (κ3) is 2.44. The van der Waals surface area contributed by atoms with Gasteiger partial charge in [-0.15, -0.1) is 0 Å². The first-order valence-corrected chi connectivity index (χ1v) is 6.57. The van der Waals surface area contributed by atoms with Crippen LogP contribution in [0.5, 0.6) is 5.75 Å². The zero-order chi connectivity index (χ0) is 13.2. The van der Waals surface area contributed by atoms with Crippen LogP contribution in [0, 0.1) is 6.92 Å². The van der Waals surface area contributed by atoms with Crippen molar-refractivity contribution >= 4 is 0 Å². The number of nitrogens with two attached hydrogens (primary N) is 1. The highest BCUT2D eigenvalue weighted by atomic mass is 16.5. The summed E-state index contributed by atoms with van der Waals surface area (Å²) in [5, 5.41) is 0. The monoisotopic (exact) mass is 255 g/mol. The number of fused-ring (bicyclic) bond motifs is 1. The van der Waals surface area contributed by atoms with Crippen molar-refractivity contribution in [1.29, 1.82) is 0 Å². The van der Waals surface area contributed by atoms with Crippen molar-refractivity contribution in [3.05, 3.63) is 41.3 Å². The summed E-state index contributed by atoms with van der Waals surface area (Å²) in [6, 6.07) is 8.20. The Morgan fingerprint density at radius 3 is 3.00 bits per heavy atom. The Hall–Kier alpha value is -1.94. The summed E-state index contributed by atoms with van der Waals surface area (Å²) >= 11 is 0. The Balaban J connectivity index is 2.04. The Bertz CT molecular complexity index is 610. The van der Waals surface area contributed by atoms with Crippen LogP contribution in [0.4, 0.5) is 0 Å². The third-order valence-corrected chi connectivity index (χ3v) is 3.30. The van der Waals surface area contributed by atoms with E-state index in [1.54, 1.807) is 0 Å². The molecule has 1 aromatic carbocycles. The molecule has 3 rings (SSSR count). The maximum absolute atomic E-state index is 5.67. The van der Waals surface area contributed by atoms with Gasteiger partial charge in [-0.2, -0.15) is 0 Å². The first kappa shape index (κ1) is 12.1. The van der Waals surface area contributed by atoms with Crippen LogP contribution >= 0.6 is 0 Å². The lowest BCUT2D eigenvalue weighted by molar-refractivity contribution is 0.288. The highest BCUT2D eigenvalue weighted by Gasteiger charge is 2.12. The van der Waals surface area contributed by atoms with Crippen molar-refractivity contribution < 1.29 is 4.74 Å². The summed E-state index contributed by atoms with van der Waals surface area (Å²) in [5.41, 5.74) is 9.83. The summed E-state index contributed by atoms with van der Waals surface area (Å²) in [5.74, 6) is 1.76. The molecule has 98 valence electrons. The zero-order valence-electron chi connectivity index (χ0n) is 11.0. The van der Waals surface area contributed by atoms with Crippen LogP contribution < -0.4 is 10.5 Å². The number of hydrogen-bond acceptors (Lipinski definition) is 4. The molecule has 0 bridgehead atoms. The van der Waals surface area contributed by atoms with E-state index in [0.29, 0.717) is 6.54 Å². The summed E-state index contributed by atoms with van der Waals surface area (Å²) in [7, 11) is 0. The van der Waals surface area contributed by atoms with Crippen molar-refractivity contribution in [1.82, 2.24) is 9.97 Å². The topological polar surface area (TPSA) is 61.0 Å². The molecule has 0 radical (unpaired) electrons. The predicted molar refractivity (Wildman–Crippen MR) is 73.9 cm³/mol. The van der Waals surface area contributed by atoms with Gasteiger partial charge >= 0.3 is 0 Å². The number of nitrogens with zero attached hydrogens (tertiary/aromatic N) is 2. The van der Waals surface area contributed by atoms with Gasteiger partial charge in [0, 0.05) is 12.1 Å². The third-order valence-electron chi connectivity index (χ3n) is 3.30. The van der Waals surface area contributed by atoms with Crippen LogP contribution in [0.3, 0.4) is 0 Å². The highest BCUT2D eigenvalue weighted by Crippen LogP contribution is 2.29. The molecular formula is C15H17N3O. The Labute approximate surface area is 112 Å². The molecule has 0 unspecified atom stereocenters. The first-order chi connectivity index (χ1) is 9.26. The van der Waals surface area contributed by atoms with E-state index in [4.69, 9.17) is 10.5 Å². The average Bonchev–Trinajstić information content (AvgIpc) is 2.46. The molecule has 1 aliphatic heterocycles. The van der Waals surface area contributed by atoms with E-state index in [-0.39, 0.29) is 0 Å². The molecule has 1 aromatic heterocycles. The van der Waals surface area contributed by atoms with Gasteiger partial charge in [0.2, 0.25) is 0 Å². The van der Waals surface area contributed by atoms with Gasteiger partial charge in [-0.25, -0.2) is 9.97 Å². The molecule has 0 spiro atoms. The smallest absolute Gasteiger partial charge is 0.126 e. The SMILES string of the molecule is Cc1nc(CN)cc(-c2ccc3c(c2)CCCO3)n1. The minimum absolute atomic E-state index is 0.435. The van der Waals surface area contributed by atoms with E-state index < -0.39 is 0 Å². The van der Waals surface area contributed by atoms with Crippen LogP contribution in [0.1, 0.15) is 23.5 Å². The molecular weight excluding hydrogens is 238 g/mol. The van der Waals surface area contributed by atoms with Crippen LogP contribution in [-0.2, 0) is 13.0 Å². The normalized spacial score (nSPS) is 13.8. The summed E-state index contributed by atoms with van der Waals surface area (Å²) in [4.78, 5) is 8.80. The Kier molecular flexibility index (Phi) is 3.17. The van der Waals surface area contributed by atoms with E-state index in [1.165, 1.54) is 5.56 Å². The van der Waals surface area contributed by atoms with Gasteiger partial charge in [-0.3, -0.25) is 0 Å². The average molecular weight is 255 g/mol. The van der Waals surface area contributed by atoms with Crippen molar-refractivity contribution in [3.8, 4) is 17.0 Å². The minimum atomic E-state index is 0.435. The molecule has 0 saturated heterocycles. The zero-order valence-corrected chi connectivity index (χ0v) is 11.0. The maximum atomic E-state index is 5.67. The van der Waals surface area contributed by atoms with Crippen molar-refractivity contribution in [2.75, 3.05) is 6.61 Å². The van der Waals surface area contributed by atoms with E-state index in [2.05, 4.69) is 16.0 Å². The Morgan fingerprint density at radius 2 is 2.16 bits per heavy atom. The largest absolute Gasteiger partial charge is 0.493 e. The number of rotatable bonds is 2. The van der Waals surface area contributed by atoms with Gasteiger partial charge in [-0.05, 0) is 49.6 Å². The molecule has 2 heterocycles. The molecule has 0 aliphatic carbocycles. The number of aromatic nitrogens is 2. The quantitative estimate of drug-likeness (QED) is 0.894. The number of benzene rings is 1. The van der Waals surface area contributed by atoms with Gasteiger partial charge in [0.15, 0.2) is 0 Å². The first-order valence-electron chi connectivity index (χ1n) is 6.57. The van der Waals surface area contributed by atoms with Crippen LogP contribution in [0.2, 0.25) is 0 Å². The molecule has 4 nitrogen and oxygen atoms in total. The van der Waals surface area contributed by atoms with Gasteiger partial charge in [-0.1, -0.05) is 0 Å². The van der Waals surface area contributed by atoms with Gasteiger partial charge < -0.3 is 10.5 Å². The molecule has 1 aliphatic rings. The van der Waals surface area contributed by atoms with Crippen LogP contribution in [0.25, 0.3) is 11.3 Å². The molecule has 0 atom stereocenters. The van der Waals surface area contributed by atoms with E-state index >= 15 is 0 Å². The molecule has 0 amide bonds. The lowest BCUT2D eigenvalue weighted by atomic mass is 10.0. The van der Waals surface area contributed by atoms with Crippen molar-refractivity contribution in [3.63, 3.8) is 0 Å². The van der Waals surface area contributed by atoms with E-state index in [1.807, 2.05) is 25.1 Å². The van der Waals surface area contributed by atoms with Crippen molar-refractivity contribution in [2.45, 2.75) is 26.3 Å². The molecule has 2 aromatic rings. The van der Waals surface area contributed by atoms with E-state index in [0.717, 1.165) is 48.0 Å². The second-order valence-corrected chi connectivity index (χ2v) is 4.77. The molecule has 0 saturated carbocycles. The lowest BCUT2D eigenvalue weighted by Crippen LogP contribution is -2.08. The lowest BCUT2D eigenvalue weighted by Gasteiger charge is -2.17. The van der Waals surface area contributed by atoms with Crippen molar-refractivity contribution in [2.24, 2.45) is 5.73 Å². The second kappa shape index (κ2) is 4.97. The highest BCUT2D eigenvalue weighted by molar-refractivity contribution is 5.62. The second-order valence-electron chi connectivity index (χ2n) is 4.77. The standard InChI is InChI=1S/C15H17N3O/c1-10-17-13(9-16)8-14(18-10)11-4-5-15-12(7-11)3-2-6-19-15/h4-5,7-8H,2-3,6,9,16H2,1H3. The minimum Gasteiger partial charge on any atom is -0.493 e. The van der Waals surface area contributed by atoms with Gasteiger partial charge in [0.05, 0.1) is 18.0 Å². The number of hydrogen-bond donors (Lipinski definition) is 1. The fourth-order valence-electron chi connectivity index (χ4n) is 2.40. The van der Waals surface area contributed by atoms with Crippen LogP contribution in [0.15, 0.2) is 24.3 Å². The summed E-state index contributed by atoms with van der Waals surface area (Å²) in [6.07, 6.45) is 2.14. The summed E-state index contributed by atoms with van der Waals surface area (Å²) in [6.45, 7) is 3.14. The summed E-state index contributed by atoms with van der Waals surface area (Å²) < 4.78 is 5.63. The predicted octanol–water partition coefficient (Wildman–Crippen LogP) is 2.24. The van der Waals surface area contributed by atoms with Gasteiger partial charge in [0.25, 0.3) is 0 Å². The molecule has 0 fully saturated rings.